The SMILES string of the molecule is COc1ccc(C2=NO[C@H](C(OC)OC)[C@H]2C)cc1. The van der Waals surface area contributed by atoms with Gasteiger partial charge in [-0.2, -0.15) is 0 Å². The molecule has 2 rings (SSSR count). The Morgan fingerprint density at radius 3 is 2.26 bits per heavy atom. The second kappa shape index (κ2) is 6.04. The fourth-order valence-electron chi connectivity index (χ4n) is 2.17. The molecule has 0 amide bonds. The van der Waals surface area contributed by atoms with Gasteiger partial charge in [0.25, 0.3) is 0 Å². The summed E-state index contributed by atoms with van der Waals surface area (Å²) in [5, 5.41) is 4.16. The molecule has 0 saturated heterocycles. The predicted octanol–water partition coefficient (Wildman–Crippen LogP) is 2.05. The third-order valence-corrected chi connectivity index (χ3v) is 3.32. The van der Waals surface area contributed by atoms with Gasteiger partial charge in [0.1, 0.15) is 5.75 Å². The predicted molar refractivity (Wildman–Crippen MR) is 71.4 cm³/mol. The van der Waals surface area contributed by atoms with Crippen molar-refractivity contribution in [3.8, 4) is 5.75 Å². The Balaban J connectivity index is 2.13. The molecule has 0 radical (unpaired) electrons. The molecule has 0 N–H and O–H groups in total. The van der Waals surface area contributed by atoms with Crippen LogP contribution in [0.25, 0.3) is 0 Å². The van der Waals surface area contributed by atoms with Gasteiger partial charge in [-0.25, -0.2) is 0 Å². The molecular weight excluding hydrogens is 246 g/mol. The normalized spacial score (nSPS) is 22.3. The van der Waals surface area contributed by atoms with Crippen molar-refractivity contribution in [2.45, 2.75) is 19.3 Å². The molecule has 0 unspecified atom stereocenters. The highest BCUT2D eigenvalue weighted by molar-refractivity contribution is 6.02. The molecule has 0 aliphatic carbocycles. The van der Waals surface area contributed by atoms with Gasteiger partial charge in [0.05, 0.1) is 12.8 Å². The van der Waals surface area contributed by atoms with Crippen LogP contribution in [0.15, 0.2) is 29.4 Å². The van der Waals surface area contributed by atoms with Crippen LogP contribution in [0.4, 0.5) is 0 Å². The van der Waals surface area contributed by atoms with Gasteiger partial charge < -0.3 is 19.0 Å². The molecule has 5 heteroatoms. The van der Waals surface area contributed by atoms with E-state index in [1.165, 1.54) is 0 Å². The fraction of sp³-hybridized carbons (Fsp3) is 0.500. The van der Waals surface area contributed by atoms with Crippen LogP contribution in [-0.2, 0) is 14.3 Å². The van der Waals surface area contributed by atoms with Crippen molar-refractivity contribution in [2.75, 3.05) is 21.3 Å². The molecule has 104 valence electrons. The first kappa shape index (κ1) is 13.8. The summed E-state index contributed by atoms with van der Waals surface area (Å²) in [6, 6.07) is 7.74. The highest BCUT2D eigenvalue weighted by Crippen LogP contribution is 2.27. The van der Waals surface area contributed by atoms with Crippen LogP contribution in [0.5, 0.6) is 5.75 Å². The number of rotatable bonds is 5. The van der Waals surface area contributed by atoms with Crippen LogP contribution in [0.1, 0.15) is 12.5 Å². The topological polar surface area (TPSA) is 49.3 Å². The standard InChI is InChI=1S/C14H19NO4/c1-9-12(10-5-7-11(16-2)8-6-10)15-19-13(9)14(17-3)18-4/h5-9,13-14H,1-4H3/t9-,13-/m0/s1. The molecular formula is C14H19NO4. The van der Waals surface area contributed by atoms with Crippen LogP contribution in [0, 0.1) is 5.92 Å². The van der Waals surface area contributed by atoms with Crippen LogP contribution < -0.4 is 4.74 Å². The average Bonchev–Trinajstić information content (AvgIpc) is 2.83. The molecule has 2 atom stereocenters. The second-order valence-corrected chi connectivity index (χ2v) is 4.40. The summed E-state index contributed by atoms with van der Waals surface area (Å²) in [4.78, 5) is 5.44. The molecule has 5 nitrogen and oxygen atoms in total. The Morgan fingerprint density at radius 1 is 1.11 bits per heavy atom. The number of hydrogen-bond donors (Lipinski definition) is 0. The zero-order chi connectivity index (χ0) is 13.8. The van der Waals surface area contributed by atoms with Crippen molar-refractivity contribution in [3.05, 3.63) is 29.8 Å². The quantitative estimate of drug-likeness (QED) is 0.765. The molecule has 1 aromatic carbocycles. The van der Waals surface area contributed by atoms with Crippen LogP contribution in [0.2, 0.25) is 0 Å². The van der Waals surface area contributed by atoms with Crippen molar-refractivity contribution in [2.24, 2.45) is 11.1 Å². The average molecular weight is 265 g/mol. The number of hydrogen-bond acceptors (Lipinski definition) is 5. The summed E-state index contributed by atoms with van der Waals surface area (Å²) in [7, 11) is 4.83. The molecule has 1 aliphatic rings. The van der Waals surface area contributed by atoms with Crippen molar-refractivity contribution in [1.82, 2.24) is 0 Å². The highest BCUT2D eigenvalue weighted by atomic mass is 16.7. The van der Waals surface area contributed by atoms with Gasteiger partial charge in [0, 0.05) is 20.1 Å². The molecule has 1 aliphatic heterocycles. The van der Waals surface area contributed by atoms with Gasteiger partial charge in [0.15, 0.2) is 12.4 Å². The zero-order valence-corrected chi connectivity index (χ0v) is 11.6. The summed E-state index contributed by atoms with van der Waals surface area (Å²) in [5.74, 6) is 0.914. The Bertz CT molecular complexity index is 439. The van der Waals surface area contributed by atoms with Gasteiger partial charge >= 0.3 is 0 Å². The largest absolute Gasteiger partial charge is 0.497 e. The first-order valence-electron chi connectivity index (χ1n) is 6.15. The number of oxime groups is 1. The summed E-state index contributed by atoms with van der Waals surface area (Å²) in [6.07, 6.45) is -0.651. The van der Waals surface area contributed by atoms with Gasteiger partial charge in [-0.05, 0) is 29.8 Å². The fourth-order valence-corrected chi connectivity index (χ4v) is 2.17. The van der Waals surface area contributed by atoms with Gasteiger partial charge in [-0.15, -0.1) is 0 Å². The summed E-state index contributed by atoms with van der Waals surface area (Å²) in [6.45, 7) is 2.05. The van der Waals surface area contributed by atoms with E-state index in [4.69, 9.17) is 19.0 Å². The van der Waals surface area contributed by atoms with Gasteiger partial charge in [0.2, 0.25) is 0 Å². The summed E-state index contributed by atoms with van der Waals surface area (Å²) < 4.78 is 15.6. The number of methoxy groups -OCH3 is 3. The van der Waals surface area contributed by atoms with E-state index in [0.717, 1.165) is 17.0 Å². The number of benzene rings is 1. The molecule has 19 heavy (non-hydrogen) atoms. The minimum atomic E-state index is -0.422. The van der Waals surface area contributed by atoms with Gasteiger partial charge in [-0.1, -0.05) is 12.1 Å². The molecule has 1 aromatic rings. The molecule has 0 spiro atoms. The molecule has 0 aromatic heterocycles. The Morgan fingerprint density at radius 2 is 1.74 bits per heavy atom. The molecule has 1 heterocycles. The minimum absolute atomic E-state index is 0.0956. The zero-order valence-electron chi connectivity index (χ0n) is 11.6. The van der Waals surface area contributed by atoms with Crippen LogP contribution in [-0.4, -0.2) is 39.4 Å². The number of ether oxygens (including phenoxy) is 3. The first-order valence-corrected chi connectivity index (χ1v) is 6.15. The van der Waals surface area contributed by atoms with Crippen molar-refractivity contribution >= 4 is 5.71 Å². The lowest BCUT2D eigenvalue weighted by molar-refractivity contribution is -0.181. The van der Waals surface area contributed by atoms with E-state index in [-0.39, 0.29) is 12.0 Å². The van der Waals surface area contributed by atoms with Crippen molar-refractivity contribution < 1.29 is 19.0 Å². The second-order valence-electron chi connectivity index (χ2n) is 4.40. The first-order chi connectivity index (χ1) is 9.21. The monoisotopic (exact) mass is 265 g/mol. The maximum atomic E-state index is 5.44. The van der Waals surface area contributed by atoms with E-state index in [1.807, 2.05) is 31.2 Å². The number of nitrogens with zero attached hydrogens (tertiary/aromatic N) is 1. The lowest BCUT2D eigenvalue weighted by atomic mass is 9.94. The van der Waals surface area contributed by atoms with Crippen molar-refractivity contribution in [1.29, 1.82) is 0 Å². The molecule has 0 bridgehead atoms. The lowest BCUT2D eigenvalue weighted by Gasteiger charge is -2.22. The Labute approximate surface area is 113 Å². The summed E-state index contributed by atoms with van der Waals surface area (Å²) in [5.41, 5.74) is 1.91. The molecule has 0 saturated carbocycles. The van der Waals surface area contributed by atoms with Gasteiger partial charge in [-0.3, -0.25) is 0 Å². The van der Waals surface area contributed by atoms with Crippen LogP contribution >= 0.6 is 0 Å². The maximum absolute atomic E-state index is 5.44. The summed E-state index contributed by atoms with van der Waals surface area (Å²) >= 11 is 0. The third-order valence-electron chi connectivity index (χ3n) is 3.32. The smallest absolute Gasteiger partial charge is 0.197 e. The third kappa shape index (κ3) is 2.72. The van der Waals surface area contributed by atoms with E-state index in [1.54, 1.807) is 21.3 Å². The van der Waals surface area contributed by atoms with E-state index < -0.39 is 6.29 Å². The molecule has 0 fully saturated rings. The minimum Gasteiger partial charge on any atom is -0.497 e. The Kier molecular flexibility index (Phi) is 4.39. The Hall–Kier alpha value is -1.59. The van der Waals surface area contributed by atoms with E-state index in [2.05, 4.69) is 5.16 Å². The van der Waals surface area contributed by atoms with E-state index in [0.29, 0.717) is 0 Å². The van der Waals surface area contributed by atoms with Crippen molar-refractivity contribution in [3.63, 3.8) is 0 Å². The highest BCUT2D eigenvalue weighted by Gasteiger charge is 2.37. The lowest BCUT2D eigenvalue weighted by Crippen LogP contribution is -2.36. The van der Waals surface area contributed by atoms with E-state index >= 15 is 0 Å². The maximum Gasteiger partial charge on any atom is 0.197 e. The van der Waals surface area contributed by atoms with E-state index in [9.17, 15) is 0 Å². The van der Waals surface area contributed by atoms with Crippen LogP contribution in [0.3, 0.4) is 0 Å².